The van der Waals surface area contributed by atoms with Gasteiger partial charge in [-0.2, -0.15) is 0 Å². The average Bonchev–Trinajstić information content (AvgIpc) is 3.08. The molecule has 1 N–H and O–H groups in total. The third-order valence-corrected chi connectivity index (χ3v) is 4.64. The Balaban J connectivity index is 1.77. The molecule has 4 atom stereocenters. The van der Waals surface area contributed by atoms with Crippen LogP contribution in [0.4, 0.5) is 0 Å². The first-order valence-corrected chi connectivity index (χ1v) is 9.23. The molecule has 146 valence electrons. The molecule has 0 amide bonds. The van der Waals surface area contributed by atoms with E-state index in [1.807, 2.05) is 58.0 Å². The largest absolute Gasteiger partial charge is 0.396 e. The summed E-state index contributed by atoms with van der Waals surface area (Å²) in [5.74, 6) is -1.38. The molecular weight excluding hydrogens is 336 g/mol. The molecule has 0 radical (unpaired) electrons. The second-order valence-electron chi connectivity index (χ2n) is 7.78. The zero-order chi connectivity index (χ0) is 18.8. The van der Waals surface area contributed by atoms with Crippen LogP contribution in [0, 0.1) is 0 Å². The Bertz CT molecular complexity index is 573. The summed E-state index contributed by atoms with van der Waals surface area (Å²) in [5, 5.41) is 9.42. The van der Waals surface area contributed by atoms with Crippen molar-refractivity contribution in [3.8, 4) is 0 Å². The maximum atomic E-state index is 9.42. The van der Waals surface area contributed by atoms with Crippen LogP contribution in [0.1, 0.15) is 39.7 Å². The maximum absolute atomic E-state index is 9.42. The minimum atomic E-state index is -0.728. The van der Waals surface area contributed by atoms with E-state index in [4.69, 9.17) is 23.7 Å². The zero-order valence-corrected chi connectivity index (χ0v) is 16.0. The van der Waals surface area contributed by atoms with E-state index in [-0.39, 0.29) is 31.0 Å². The lowest BCUT2D eigenvalue weighted by molar-refractivity contribution is -0.190. The second kappa shape index (κ2) is 7.92. The lowest BCUT2D eigenvalue weighted by atomic mass is 10.0. The highest BCUT2D eigenvalue weighted by Gasteiger charge is 2.50. The van der Waals surface area contributed by atoms with Crippen molar-refractivity contribution in [2.24, 2.45) is 0 Å². The molecule has 6 heteroatoms. The van der Waals surface area contributed by atoms with Gasteiger partial charge in [-0.05, 0) is 39.7 Å². The van der Waals surface area contributed by atoms with Gasteiger partial charge < -0.3 is 28.8 Å². The van der Waals surface area contributed by atoms with Gasteiger partial charge in [0.1, 0.15) is 18.3 Å². The van der Waals surface area contributed by atoms with E-state index in [1.54, 1.807) is 0 Å². The fraction of sp³-hybridized carbons (Fsp3) is 0.700. The lowest BCUT2D eigenvalue weighted by Gasteiger charge is -2.31. The van der Waals surface area contributed by atoms with E-state index in [1.165, 1.54) is 0 Å². The second-order valence-corrected chi connectivity index (χ2v) is 7.78. The molecule has 0 spiro atoms. The fourth-order valence-corrected chi connectivity index (χ4v) is 3.55. The van der Waals surface area contributed by atoms with Gasteiger partial charge >= 0.3 is 0 Å². The number of benzene rings is 1. The van der Waals surface area contributed by atoms with E-state index in [0.717, 1.165) is 5.56 Å². The molecule has 0 saturated carbocycles. The van der Waals surface area contributed by atoms with E-state index in [0.29, 0.717) is 19.6 Å². The highest BCUT2D eigenvalue weighted by molar-refractivity contribution is 5.13. The number of hydrogen-bond acceptors (Lipinski definition) is 6. The summed E-state index contributed by atoms with van der Waals surface area (Å²) in [4.78, 5) is 0. The first-order chi connectivity index (χ1) is 12.3. The summed E-state index contributed by atoms with van der Waals surface area (Å²) in [7, 11) is 0. The molecule has 0 aliphatic carbocycles. The van der Waals surface area contributed by atoms with Crippen molar-refractivity contribution in [2.75, 3.05) is 13.2 Å². The van der Waals surface area contributed by atoms with Crippen molar-refractivity contribution in [1.82, 2.24) is 0 Å². The number of ether oxygens (including phenoxy) is 5. The Hall–Kier alpha value is -1.02. The lowest BCUT2D eigenvalue weighted by Crippen LogP contribution is -2.47. The Kier molecular flexibility index (Phi) is 6.01. The van der Waals surface area contributed by atoms with Crippen LogP contribution < -0.4 is 0 Å². The smallest absolute Gasteiger partial charge is 0.163 e. The predicted octanol–water partition coefficient (Wildman–Crippen LogP) is 2.63. The van der Waals surface area contributed by atoms with Crippen molar-refractivity contribution >= 4 is 0 Å². The van der Waals surface area contributed by atoms with Gasteiger partial charge in [0.15, 0.2) is 11.6 Å². The van der Waals surface area contributed by atoms with Crippen LogP contribution in [-0.2, 0) is 30.3 Å². The van der Waals surface area contributed by atoms with E-state index in [2.05, 4.69) is 0 Å². The zero-order valence-electron chi connectivity index (χ0n) is 16.0. The molecule has 0 bridgehead atoms. The van der Waals surface area contributed by atoms with Crippen molar-refractivity contribution in [2.45, 2.75) is 76.7 Å². The van der Waals surface area contributed by atoms with E-state index in [9.17, 15) is 5.11 Å². The average molecular weight is 366 g/mol. The van der Waals surface area contributed by atoms with Crippen LogP contribution in [0.25, 0.3) is 0 Å². The van der Waals surface area contributed by atoms with Crippen LogP contribution in [0.5, 0.6) is 0 Å². The van der Waals surface area contributed by atoms with Gasteiger partial charge in [-0.25, -0.2) is 0 Å². The number of rotatable bonds is 7. The number of aliphatic hydroxyl groups excluding tert-OH is 1. The minimum Gasteiger partial charge on any atom is -0.396 e. The van der Waals surface area contributed by atoms with Gasteiger partial charge in [-0.1, -0.05) is 30.3 Å². The molecule has 26 heavy (non-hydrogen) atoms. The first kappa shape index (κ1) is 19.7. The molecule has 2 aliphatic rings. The summed E-state index contributed by atoms with van der Waals surface area (Å²) in [6, 6.07) is 9.99. The standard InChI is InChI=1S/C20H30O6/c1-19(2)23-13-16(25-19)17(22-12-14-8-6-5-7-9-14)18-15(10-11-21)24-20(3,4)26-18/h5-9,15-18,21H,10-13H2,1-4H3/t15-,16-,17-,18-/m1/s1. The molecule has 1 aromatic carbocycles. The summed E-state index contributed by atoms with van der Waals surface area (Å²) in [5.41, 5.74) is 1.08. The minimum absolute atomic E-state index is 0.0273. The van der Waals surface area contributed by atoms with Gasteiger partial charge in [0.25, 0.3) is 0 Å². The van der Waals surface area contributed by atoms with Crippen LogP contribution in [0.15, 0.2) is 30.3 Å². The molecule has 2 saturated heterocycles. The summed E-state index contributed by atoms with van der Waals surface area (Å²) < 4.78 is 30.2. The van der Waals surface area contributed by atoms with Gasteiger partial charge in [0, 0.05) is 6.61 Å². The number of aliphatic hydroxyl groups is 1. The molecule has 1 aromatic rings. The number of hydrogen-bond donors (Lipinski definition) is 1. The third kappa shape index (κ3) is 4.82. The quantitative estimate of drug-likeness (QED) is 0.800. The molecule has 0 aromatic heterocycles. The van der Waals surface area contributed by atoms with Gasteiger partial charge in [0.2, 0.25) is 0 Å². The Morgan fingerprint density at radius 3 is 2.42 bits per heavy atom. The van der Waals surface area contributed by atoms with Crippen LogP contribution >= 0.6 is 0 Å². The summed E-state index contributed by atoms with van der Waals surface area (Å²) in [6.45, 7) is 8.43. The Labute approximate surface area is 155 Å². The monoisotopic (exact) mass is 366 g/mol. The van der Waals surface area contributed by atoms with Crippen molar-refractivity contribution < 1.29 is 28.8 Å². The van der Waals surface area contributed by atoms with Crippen molar-refractivity contribution in [1.29, 1.82) is 0 Å². The molecule has 3 rings (SSSR count). The van der Waals surface area contributed by atoms with Crippen LogP contribution in [-0.4, -0.2) is 54.3 Å². The predicted molar refractivity (Wildman–Crippen MR) is 95.5 cm³/mol. The molecule has 2 fully saturated rings. The Morgan fingerprint density at radius 1 is 1.08 bits per heavy atom. The fourth-order valence-electron chi connectivity index (χ4n) is 3.55. The normalized spacial score (nSPS) is 31.2. The molecule has 2 aliphatic heterocycles. The first-order valence-electron chi connectivity index (χ1n) is 9.23. The molecule has 0 unspecified atom stereocenters. The third-order valence-electron chi connectivity index (χ3n) is 4.64. The van der Waals surface area contributed by atoms with Gasteiger partial charge in [0.05, 0.1) is 19.3 Å². The SMILES string of the molecule is CC1(C)OC[C@H]([C@@H](OCc2ccccc2)[C@@H]2OC(C)(C)O[C@@H]2CCO)O1. The topological polar surface area (TPSA) is 66.4 Å². The summed E-state index contributed by atoms with van der Waals surface area (Å²) >= 11 is 0. The Morgan fingerprint density at radius 2 is 1.81 bits per heavy atom. The highest BCUT2D eigenvalue weighted by Crippen LogP contribution is 2.36. The van der Waals surface area contributed by atoms with Crippen LogP contribution in [0.2, 0.25) is 0 Å². The van der Waals surface area contributed by atoms with Crippen molar-refractivity contribution in [3.05, 3.63) is 35.9 Å². The van der Waals surface area contributed by atoms with E-state index < -0.39 is 11.6 Å². The van der Waals surface area contributed by atoms with Crippen molar-refractivity contribution in [3.63, 3.8) is 0 Å². The van der Waals surface area contributed by atoms with Gasteiger partial charge in [-0.3, -0.25) is 0 Å². The van der Waals surface area contributed by atoms with Crippen LogP contribution in [0.3, 0.4) is 0 Å². The molecular formula is C20H30O6. The maximum Gasteiger partial charge on any atom is 0.163 e. The summed E-state index contributed by atoms with van der Waals surface area (Å²) in [6.07, 6.45) is -0.754. The highest BCUT2D eigenvalue weighted by atomic mass is 16.8. The molecule has 2 heterocycles. The van der Waals surface area contributed by atoms with E-state index >= 15 is 0 Å². The molecule has 6 nitrogen and oxygen atoms in total. The van der Waals surface area contributed by atoms with Gasteiger partial charge in [-0.15, -0.1) is 0 Å².